The third kappa shape index (κ3) is 4.05. The number of nitrogens with zero attached hydrogens (tertiary/aromatic N) is 1. The van der Waals surface area contributed by atoms with Crippen LogP contribution in [0.15, 0.2) is 18.2 Å². The van der Waals surface area contributed by atoms with Crippen molar-refractivity contribution in [1.82, 2.24) is 4.98 Å². The highest BCUT2D eigenvalue weighted by Gasteiger charge is 2.36. The van der Waals surface area contributed by atoms with Crippen molar-refractivity contribution < 1.29 is 17.9 Å². The number of hydrogen-bond acceptors (Lipinski definition) is 2. The number of aromatic nitrogens is 1. The molecule has 0 bridgehead atoms. The molecule has 1 rings (SSSR count). The molecule has 0 aromatic carbocycles. The Morgan fingerprint density at radius 2 is 2.13 bits per heavy atom. The lowest BCUT2D eigenvalue weighted by molar-refractivity contribution is -0.217. The summed E-state index contributed by atoms with van der Waals surface area (Å²) in [6.45, 7) is 0.742. The van der Waals surface area contributed by atoms with Gasteiger partial charge in [0.1, 0.15) is 5.15 Å². The summed E-state index contributed by atoms with van der Waals surface area (Å²) in [6.07, 6.45) is -6.16. The van der Waals surface area contributed by atoms with Gasteiger partial charge in [0.2, 0.25) is 0 Å². The third-order valence-corrected chi connectivity index (χ3v) is 1.93. The highest BCUT2D eigenvalue weighted by molar-refractivity contribution is 6.29. The van der Waals surface area contributed by atoms with Gasteiger partial charge < -0.3 is 4.74 Å². The molecule has 1 unspecified atom stereocenters. The minimum Gasteiger partial charge on any atom is -0.363 e. The predicted molar refractivity (Wildman–Crippen MR) is 49.6 cm³/mol. The Balaban J connectivity index is 2.51. The number of alkyl halides is 3. The van der Waals surface area contributed by atoms with Gasteiger partial charge in [0.25, 0.3) is 0 Å². The van der Waals surface area contributed by atoms with Gasteiger partial charge in [-0.3, -0.25) is 0 Å². The van der Waals surface area contributed by atoms with Gasteiger partial charge in [0.05, 0.1) is 12.3 Å². The molecule has 0 fully saturated rings. The third-order valence-electron chi connectivity index (χ3n) is 1.71. The molecule has 1 aromatic heterocycles. The normalized spacial score (nSPS) is 13.9. The van der Waals surface area contributed by atoms with Crippen molar-refractivity contribution in [3.05, 3.63) is 29.0 Å². The maximum absolute atomic E-state index is 12.1. The molecule has 0 amide bonds. The highest BCUT2D eigenvalue weighted by Crippen LogP contribution is 2.23. The smallest absolute Gasteiger partial charge is 0.363 e. The first-order valence-corrected chi connectivity index (χ1v) is 4.57. The van der Waals surface area contributed by atoms with Crippen molar-refractivity contribution in [2.45, 2.75) is 25.8 Å². The van der Waals surface area contributed by atoms with Crippen molar-refractivity contribution in [1.29, 1.82) is 0 Å². The monoisotopic (exact) mass is 239 g/mol. The van der Waals surface area contributed by atoms with E-state index in [1.165, 1.54) is 6.07 Å². The number of pyridine rings is 1. The maximum Gasteiger partial charge on any atom is 0.414 e. The number of rotatable bonds is 3. The Kier molecular flexibility index (Phi) is 3.93. The molecular weight excluding hydrogens is 231 g/mol. The Labute approximate surface area is 90.0 Å². The summed E-state index contributed by atoms with van der Waals surface area (Å²) >= 11 is 5.56. The predicted octanol–water partition coefficient (Wildman–Crippen LogP) is 3.20. The number of hydrogen-bond donors (Lipinski definition) is 0. The average molecular weight is 240 g/mol. The van der Waals surface area contributed by atoms with E-state index in [-0.39, 0.29) is 11.8 Å². The second kappa shape index (κ2) is 4.81. The minimum absolute atomic E-state index is 0.207. The first kappa shape index (κ1) is 12.3. The van der Waals surface area contributed by atoms with E-state index in [9.17, 15) is 13.2 Å². The van der Waals surface area contributed by atoms with Crippen LogP contribution in [0.5, 0.6) is 0 Å². The standard InChI is InChI=1S/C9H9ClF3NO/c1-6(9(11,12)13)15-5-7-3-2-4-8(10)14-7/h2-4,6H,5H2,1H3. The summed E-state index contributed by atoms with van der Waals surface area (Å²) in [6, 6.07) is 4.69. The van der Waals surface area contributed by atoms with E-state index in [0.717, 1.165) is 6.92 Å². The van der Waals surface area contributed by atoms with Crippen molar-refractivity contribution in [3.8, 4) is 0 Å². The summed E-state index contributed by atoms with van der Waals surface area (Å²) in [5, 5.41) is 0.232. The zero-order valence-corrected chi connectivity index (χ0v) is 8.64. The molecule has 15 heavy (non-hydrogen) atoms. The molecule has 0 aliphatic rings. The van der Waals surface area contributed by atoms with Crippen LogP contribution in [0.3, 0.4) is 0 Å². The summed E-state index contributed by atoms with van der Waals surface area (Å²) < 4.78 is 40.8. The fourth-order valence-corrected chi connectivity index (χ4v) is 1.02. The number of ether oxygens (including phenoxy) is 1. The fourth-order valence-electron chi connectivity index (χ4n) is 0.836. The van der Waals surface area contributed by atoms with Crippen LogP contribution in [0.2, 0.25) is 5.15 Å². The summed E-state index contributed by atoms with van der Waals surface area (Å²) in [7, 11) is 0. The lowest BCUT2D eigenvalue weighted by Crippen LogP contribution is -2.28. The second-order valence-corrected chi connectivity index (χ2v) is 3.33. The topological polar surface area (TPSA) is 22.1 Å². The molecule has 0 spiro atoms. The molecule has 1 aromatic rings. The first-order chi connectivity index (χ1) is 6.89. The molecule has 1 atom stereocenters. The quantitative estimate of drug-likeness (QED) is 0.756. The van der Waals surface area contributed by atoms with E-state index < -0.39 is 12.3 Å². The SMILES string of the molecule is CC(OCc1cccc(Cl)n1)C(F)(F)F. The van der Waals surface area contributed by atoms with Crippen LogP contribution in [0, 0.1) is 0 Å². The molecule has 84 valence electrons. The number of halogens is 4. The maximum atomic E-state index is 12.1. The van der Waals surface area contributed by atoms with Crippen molar-refractivity contribution in [2.24, 2.45) is 0 Å². The summed E-state index contributed by atoms with van der Waals surface area (Å²) in [4.78, 5) is 3.80. The van der Waals surface area contributed by atoms with E-state index in [2.05, 4.69) is 9.72 Å². The van der Waals surface area contributed by atoms with E-state index >= 15 is 0 Å². The van der Waals surface area contributed by atoms with E-state index in [4.69, 9.17) is 11.6 Å². The molecule has 1 heterocycles. The van der Waals surface area contributed by atoms with Gasteiger partial charge in [-0.05, 0) is 19.1 Å². The lowest BCUT2D eigenvalue weighted by Gasteiger charge is -2.15. The Bertz CT molecular complexity index is 329. The largest absolute Gasteiger partial charge is 0.414 e. The van der Waals surface area contributed by atoms with Crippen molar-refractivity contribution in [3.63, 3.8) is 0 Å². The lowest BCUT2D eigenvalue weighted by atomic mass is 10.3. The molecular formula is C9H9ClF3NO. The van der Waals surface area contributed by atoms with Gasteiger partial charge >= 0.3 is 6.18 Å². The first-order valence-electron chi connectivity index (χ1n) is 4.19. The average Bonchev–Trinajstić information content (AvgIpc) is 2.12. The molecule has 2 nitrogen and oxygen atoms in total. The fraction of sp³-hybridized carbons (Fsp3) is 0.444. The minimum atomic E-state index is -4.35. The Morgan fingerprint density at radius 3 is 2.67 bits per heavy atom. The molecule has 0 aliphatic carbocycles. The molecule has 6 heteroatoms. The van der Waals surface area contributed by atoms with Gasteiger partial charge in [-0.2, -0.15) is 13.2 Å². The van der Waals surface area contributed by atoms with Crippen LogP contribution in [0.25, 0.3) is 0 Å². The highest BCUT2D eigenvalue weighted by atomic mass is 35.5. The van der Waals surface area contributed by atoms with Gasteiger partial charge in [-0.15, -0.1) is 0 Å². The van der Waals surface area contributed by atoms with Crippen LogP contribution >= 0.6 is 11.6 Å². The Hall–Kier alpha value is -0.810. The zero-order chi connectivity index (χ0) is 11.5. The Morgan fingerprint density at radius 1 is 1.47 bits per heavy atom. The summed E-state index contributed by atoms with van der Waals surface area (Å²) in [5.74, 6) is 0. The second-order valence-electron chi connectivity index (χ2n) is 2.95. The zero-order valence-electron chi connectivity index (χ0n) is 7.88. The summed E-state index contributed by atoms with van der Waals surface area (Å²) in [5.41, 5.74) is 0.374. The van der Waals surface area contributed by atoms with Crippen LogP contribution in [-0.4, -0.2) is 17.3 Å². The van der Waals surface area contributed by atoms with E-state index in [0.29, 0.717) is 5.69 Å². The molecule has 0 aliphatic heterocycles. The van der Waals surface area contributed by atoms with E-state index in [1.54, 1.807) is 12.1 Å². The van der Waals surface area contributed by atoms with Gasteiger partial charge in [0.15, 0.2) is 6.10 Å². The van der Waals surface area contributed by atoms with Crippen LogP contribution in [-0.2, 0) is 11.3 Å². The molecule has 0 N–H and O–H groups in total. The van der Waals surface area contributed by atoms with Crippen LogP contribution in [0.1, 0.15) is 12.6 Å². The molecule has 0 radical (unpaired) electrons. The molecule has 0 saturated carbocycles. The van der Waals surface area contributed by atoms with Gasteiger partial charge in [-0.1, -0.05) is 17.7 Å². The van der Waals surface area contributed by atoms with E-state index in [1.807, 2.05) is 0 Å². The van der Waals surface area contributed by atoms with Crippen LogP contribution in [0.4, 0.5) is 13.2 Å². The van der Waals surface area contributed by atoms with Gasteiger partial charge in [0, 0.05) is 0 Å². The van der Waals surface area contributed by atoms with Gasteiger partial charge in [-0.25, -0.2) is 4.98 Å². The van der Waals surface area contributed by atoms with Crippen molar-refractivity contribution >= 4 is 11.6 Å². The van der Waals surface area contributed by atoms with Crippen molar-refractivity contribution in [2.75, 3.05) is 0 Å². The van der Waals surface area contributed by atoms with Crippen LogP contribution < -0.4 is 0 Å². The molecule has 0 saturated heterocycles.